The van der Waals surface area contributed by atoms with Gasteiger partial charge in [-0.05, 0) is 28.2 Å². The lowest BCUT2D eigenvalue weighted by Crippen LogP contribution is -2.25. The van der Waals surface area contributed by atoms with Crippen molar-refractivity contribution >= 4 is 20.8 Å². The Labute approximate surface area is 119 Å². The van der Waals surface area contributed by atoms with Crippen molar-refractivity contribution in [3.8, 4) is 0 Å². The average Bonchev–Trinajstić information content (AvgIpc) is 2.10. The summed E-state index contributed by atoms with van der Waals surface area (Å²) in [6, 6.07) is 0. The van der Waals surface area contributed by atoms with E-state index in [4.69, 9.17) is 9.11 Å². The van der Waals surface area contributed by atoms with Gasteiger partial charge < -0.3 is 22.1 Å². The molecule has 12 nitrogen and oxygen atoms in total. The molecule has 0 fully saturated rings. The van der Waals surface area contributed by atoms with Crippen LogP contribution in [-0.4, -0.2) is 77.0 Å². The van der Waals surface area contributed by atoms with Crippen LogP contribution in [0.3, 0.4) is 0 Å². The number of hydrogen-bond donors (Lipinski definition) is 4. The summed E-state index contributed by atoms with van der Waals surface area (Å²) in [5.74, 6) is 0. The number of hydrogen-bond acceptors (Lipinski definition) is 10. The number of likely N-dealkylation sites (N-methyl/N-ethyl adjacent to an activating group) is 2. The second-order valence-electron chi connectivity index (χ2n) is 3.60. The summed E-state index contributed by atoms with van der Waals surface area (Å²) in [5, 5.41) is 0. The van der Waals surface area contributed by atoms with Gasteiger partial charge in [0.05, 0.1) is 0 Å². The Hall–Kier alpha value is -0.420. The van der Waals surface area contributed by atoms with Crippen LogP contribution in [0.4, 0.5) is 0 Å². The molecule has 8 N–H and O–H groups in total. The minimum atomic E-state index is -5.02. The van der Waals surface area contributed by atoms with Crippen LogP contribution in [0.1, 0.15) is 0 Å². The van der Waals surface area contributed by atoms with E-state index in [-0.39, 0.29) is 12.3 Å². The quantitative estimate of drug-likeness (QED) is 0.259. The third-order valence-corrected chi connectivity index (χ3v) is 1.76. The monoisotopic (exact) mass is 344 g/mol. The lowest BCUT2D eigenvalue weighted by molar-refractivity contribution is -0.105. The average molecular weight is 344 g/mol. The molecule has 0 atom stereocenters. The standard InChI is InChI=1S/C6H16N2.2H3N.H2O8S2/c1-7(2)5-6-8(3)4;;;1-9(2,3)7-8-10(4,5)6/h5-6H2,1-4H3;2*1H3;(H,1,2,3)(H,4,5,6). The van der Waals surface area contributed by atoms with Crippen LogP contribution >= 0.6 is 0 Å². The maximum atomic E-state index is 9.51. The Morgan fingerprint density at radius 1 is 0.750 bits per heavy atom. The molecule has 0 rings (SSSR count). The molecular formula is C6H24N4O8S2. The van der Waals surface area contributed by atoms with Crippen LogP contribution in [-0.2, 0) is 29.5 Å². The molecule has 0 unspecified atom stereocenters. The molecule has 0 aromatic heterocycles. The summed E-state index contributed by atoms with van der Waals surface area (Å²) in [7, 11) is -1.69. The molecule has 0 aromatic rings. The van der Waals surface area contributed by atoms with E-state index in [1.54, 1.807) is 0 Å². The fourth-order valence-electron chi connectivity index (χ4n) is 0.470. The fourth-order valence-corrected chi connectivity index (χ4v) is 1.03. The van der Waals surface area contributed by atoms with Crippen molar-refractivity contribution < 1.29 is 34.6 Å². The van der Waals surface area contributed by atoms with Crippen LogP contribution in [0, 0.1) is 0 Å². The van der Waals surface area contributed by atoms with E-state index >= 15 is 0 Å². The van der Waals surface area contributed by atoms with Gasteiger partial charge in [-0.2, -0.15) is 16.8 Å². The molecule has 0 spiro atoms. The second-order valence-corrected chi connectivity index (χ2v) is 5.58. The Bertz CT molecular complexity index is 367. The Balaban J connectivity index is -0.000000119. The largest absolute Gasteiger partial charge is 0.425 e. The first-order valence-electron chi connectivity index (χ1n) is 4.45. The Morgan fingerprint density at radius 3 is 1.05 bits per heavy atom. The zero-order valence-corrected chi connectivity index (χ0v) is 13.5. The third-order valence-electron chi connectivity index (χ3n) is 1.19. The highest BCUT2D eigenvalue weighted by Crippen LogP contribution is 1.92. The highest BCUT2D eigenvalue weighted by Gasteiger charge is 2.13. The van der Waals surface area contributed by atoms with Crippen molar-refractivity contribution in [1.82, 2.24) is 22.1 Å². The van der Waals surface area contributed by atoms with E-state index < -0.39 is 20.8 Å². The van der Waals surface area contributed by atoms with E-state index in [0.29, 0.717) is 0 Å². The predicted molar refractivity (Wildman–Crippen MR) is 72.4 cm³/mol. The van der Waals surface area contributed by atoms with E-state index in [0.717, 1.165) is 13.1 Å². The van der Waals surface area contributed by atoms with E-state index in [1.165, 1.54) is 0 Å². The summed E-state index contributed by atoms with van der Waals surface area (Å²) in [6.45, 7) is 2.29. The molecule has 0 saturated heterocycles. The maximum Gasteiger partial charge on any atom is 0.425 e. The van der Waals surface area contributed by atoms with Crippen LogP contribution in [0.15, 0.2) is 0 Å². The molecule has 0 aliphatic heterocycles. The highest BCUT2D eigenvalue weighted by atomic mass is 32.3. The minimum Gasteiger partial charge on any atom is -0.344 e. The van der Waals surface area contributed by atoms with E-state index in [1.807, 2.05) is 0 Å². The number of nitrogens with zero attached hydrogens (tertiary/aromatic N) is 2. The summed E-state index contributed by atoms with van der Waals surface area (Å²) in [5.41, 5.74) is 0. The molecule has 0 heterocycles. The van der Waals surface area contributed by atoms with Gasteiger partial charge in [0.15, 0.2) is 0 Å². The fraction of sp³-hybridized carbons (Fsp3) is 1.00. The Kier molecular flexibility index (Phi) is 17.2. The van der Waals surface area contributed by atoms with Crippen LogP contribution in [0.2, 0.25) is 0 Å². The molecule has 0 aliphatic rings. The molecule has 0 aromatic carbocycles. The first-order valence-corrected chi connectivity index (χ1v) is 7.18. The minimum absolute atomic E-state index is 0. The molecule has 20 heavy (non-hydrogen) atoms. The number of rotatable bonds is 6. The van der Waals surface area contributed by atoms with Crippen molar-refractivity contribution in [2.75, 3.05) is 41.3 Å². The van der Waals surface area contributed by atoms with Crippen LogP contribution in [0.25, 0.3) is 0 Å². The van der Waals surface area contributed by atoms with Gasteiger partial charge in [-0.25, -0.2) is 0 Å². The van der Waals surface area contributed by atoms with Gasteiger partial charge >= 0.3 is 20.8 Å². The molecule has 0 bridgehead atoms. The van der Waals surface area contributed by atoms with Gasteiger partial charge in [0.1, 0.15) is 0 Å². The van der Waals surface area contributed by atoms with Gasteiger partial charge in [0.25, 0.3) is 0 Å². The second kappa shape index (κ2) is 12.3. The van der Waals surface area contributed by atoms with Crippen LogP contribution in [0.5, 0.6) is 0 Å². The van der Waals surface area contributed by atoms with Crippen LogP contribution < -0.4 is 12.3 Å². The van der Waals surface area contributed by atoms with Gasteiger partial charge in [-0.3, -0.25) is 9.11 Å². The van der Waals surface area contributed by atoms with E-state index in [2.05, 4.69) is 46.7 Å². The lowest BCUT2D eigenvalue weighted by atomic mass is 10.5. The molecule has 128 valence electrons. The first kappa shape index (κ1) is 27.8. The predicted octanol–water partition coefficient (Wildman–Crippen LogP) is -1.03. The van der Waals surface area contributed by atoms with Gasteiger partial charge in [0, 0.05) is 13.1 Å². The Morgan fingerprint density at radius 2 is 0.950 bits per heavy atom. The van der Waals surface area contributed by atoms with E-state index in [9.17, 15) is 16.8 Å². The van der Waals surface area contributed by atoms with Gasteiger partial charge in [0.2, 0.25) is 0 Å². The van der Waals surface area contributed by atoms with Gasteiger partial charge in [-0.1, -0.05) is 8.67 Å². The molecule has 0 amide bonds. The smallest absolute Gasteiger partial charge is 0.344 e. The molecular weight excluding hydrogens is 320 g/mol. The topological polar surface area (TPSA) is 204 Å². The van der Waals surface area contributed by atoms with Crippen molar-refractivity contribution in [3.05, 3.63) is 0 Å². The third kappa shape index (κ3) is 36.0. The SMILES string of the molecule is CN(C)CCN(C)C.N.N.O=S(=O)(O)OOS(=O)(=O)O. The van der Waals surface area contributed by atoms with Gasteiger partial charge in [-0.15, -0.1) is 0 Å². The molecule has 0 aliphatic carbocycles. The van der Waals surface area contributed by atoms with Crippen molar-refractivity contribution in [2.45, 2.75) is 0 Å². The summed E-state index contributed by atoms with van der Waals surface area (Å²) in [6.07, 6.45) is 0. The highest BCUT2D eigenvalue weighted by molar-refractivity contribution is 7.83. The zero-order valence-electron chi connectivity index (χ0n) is 11.9. The summed E-state index contributed by atoms with van der Waals surface area (Å²) in [4.78, 5) is 4.36. The lowest BCUT2D eigenvalue weighted by Gasteiger charge is -2.13. The van der Waals surface area contributed by atoms with Crippen molar-refractivity contribution in [1.29, 1.82) is 0 Å². The van der Waals surface area contributed by atoms with Crippen molar-refractivity contribution in [3.63, 3.8) is 0 Å². The first-order chi connectivity index (χ1) is 7.83. The summed E-state index contributed by atoms with van der Waals surface area (Å²) < 4.78 is 58.9. The molecule has 0 saturated carbocycles. The maximum absolute atomic E-state index is 9.51. The normalized spacial score (nSPS) is 11.2. The molecule has 0 radical (unpaired) electrons. The zero-order chi connectivity index (χ0) is 15.0. The van der Waals surface area contributed by atoms with Crippen molar-refractivity contribution in [2.24, 2.45) is 0 Å². The molecule has 14 heteroatoms. The summed E-state index contributed by atoms with van der Waals surface area (Å²) >= 11 is 0.